The highest BCUT2D eigenvalue weighted by Crippen LogP contribution is 2.42. The minimum absolute atomic E-state index is 0.0624. The lowest BCUT2D eigenvalue weighted by Gasteiger charge is -2.38. The van der Waals surface area contributed by atoms with Gasteiger partial charge in [0.1, 0.15) is 10.5 Å². The molecule has 0 bridgehead atoms. The first kappa shape index (κ1) is 20.8. The van der Waals surface area contributed by atoms with Crippen molar-refractivity contribution < 1.29 is 19.6 Å². The number of anilines is 1. The second-order valence-electron chi connectivity index (χ2n) is 8.33. The molecule has 0 unspecified atom stereocenters. The summed E-state index contributed by atoms with van der Waals surface area (Å²) in [6, 6.07) is 6.74. The zero-order chi connectivity index (χ0) is 20.7. The van der Waals surface area contributed by atoms with Crippen molar-refractivity contribution in [2.75, 3.05) is 11.9 Å². The van der Waals surface area contributed by atoms with E-state index in [0.717, 1.165) is 16.9 Å². The molecule has 0 spiro atoms. The smallest absolute Gasteiger partial charge is 0.341 e. The molecule has 0 fully saturated rings. The molecule has 1 aliphatic heterocycles. The molecule has 0 radical (unpaired) electrons. The number of benzene rings is 1. The lowest BCUT2D eigenvalue weighted by molar-refractivity contribution is -0.789. The van der Waals surface area contributed by atoms with Gasteiger partial charge in [0.2, 0.25) is 0 Å². The van der Waals surface area contributed by atoms with Crippen LogP contribution in [0.2, 0.25) is 5.02 Å². The van der Waals surface area contributed by atoms with Crippen LogP contribution in [0.4, 0.5) is 5.00 Å². The number of carbonyl (C=O) groups is 2. The molecule has 2 aromatic rings. The molecule has 1 aliphatic rings. The molecule has 3 rings (SSSR count). The molecule has 2 heterocycles. The van der Waals surface area contributed by atoms with Crippen molar-refractivity contribution in [2.24, 2.45) is 0 Å². The number of rotatable bonds is 4. The largest absolute Gasteiger partial charge is 0.462 e. The van der Waals surface area contributed by atoms with E-state index in [-0.39, 0.29) is 23.6 Å². The molecule has 0 aliphatic carbocycles. The van der Waals surface area contributed by atoms with Gasteiger partial charge in [0.25, 0.3) is 5.91 Å². The van der Waals surface area contributed by atoms with Gasteiger partial charge in [0.05, 0.1) is 22.6 Å². The van der Waals surface area contributed by atoms with Crippen LogP contribution in [0.15, 0.2) is 24.3 Å². The molecular weight excluding hydrogens is 396 g/mol. The fraction of sp³-hybridized carbons (Fsp3) is 0.429. The van der Waals surface area contributed by atoms with Crippen LogP contribution in [0.3, 0.4) is 0 Å². The Balaban J connectivity index is 2.07. The van der Waals surface area contributed by atoms with E-state index in [4.69, 9.17) is 16.3 Å². The van der Waals surface area contributed by atoms with Crippen LogP contribution >= 0.6 is 22.9 Å². The van der Waals surface area contributed by atoms with Crippen molar-refractivity contribution in [3.63, 3.8) is 0 Å². The summed E-state index contributed by atoms with van der Waals surface area (Å²) in [5.41, 5.74) is 1.63. The Morgan fingerprint density at radius 2 is 2.00 bits per heavy atom. The number of nitrogens with one attached hydrogen (secondary N) is 1. The van der Waals surface area contributed by atoms with Crippen molar-refractivity contribution in [3.05, 3.63) is 50.9 Å². The van der Waals surface area contributed by atoms with E-state index in [2.05, 4.69) is 38.3 Å². The number of carbonyl (C=O) groups excluding carboxylic acids is 2. The van der Waals surface area contributed by atoms with Crippen LogP contribution in [0.5, 0.6) is 0 Å². The van der Waals surface area contributed by atoms with Gasteiger partial charge in [0.15, 0.2) is 0 Å². The summed E-state index contributed by atoms with van der Waals surface area (Å²) in [5, 5.41) is 6.26. The van der Waals surface area contributed by atoms with E-state index in [0.29, 0.717) is 21.2 Å². The highest BCUT2D eigenvalue weighted by atomic mass is 35.5. The second-order valence-corrected chi connectivity index (χ2v) is 9.79. The Labute approximate surface area is 174 Å². The first-order chi connectivity index (χ1) is 13.0. The average molecular weight is 422 g/mol. The van der Waals surface area contributed by atoms with Gasteiger partial charge in [-0.15, -0.1) is 11.3 Å². The van der Waals surface area contributed by atoms with E-state index < -0.39 is 5.97 Å². The summed E-state index contributed by atoms with van der Waals surface area (Å²) in [4.78, 5) is 26.7. The molecule has 1 aromatic carbocycles. The number of thiophene rings is 1. The lowest BCUT2D eigenvalue weighted by Crippen LogP contribution is -3.03. The van der Waals surface area contributed by atoms with Crippen molar-refractivity contribution in [3.8, 4) is 0 Å². The van der Waals surface area contributed by atoms with Crippen LogP contribution in [-0.4, -0.2) is 24.0 Å². The highest BCUT2D eigenvalue weighted by Gasteiger charge is 2.45. The zero-order valence-corrected chi connectivity index (χ0v) is 18.4. The Kier molecular flexibility index (Phi) is 5.58. The van der Waals surface area contributed by atoms with Gasteiger partial charge in [-0.3, -0.25) is 4.79 Å². The quantitative estimate of drug-likeness (QED) is 0.734. The second kappa shape index (κ2) is 7.50. The Morgan fingerprint density at radius 1 is 1.29 bits per heavy atom. The maximum atomic E-state index is 12.8. The SMILES string of the molecule is CCOC(=O)c1c(NC(=O)c2cccc(Cl)c2)sc2c1CC(C)(C)[NH2+]C2(C)C. The highest BCUT2D eigenvalue weighted by molar-refractivity contribution is 7.17. The van der Waals surface area contributed by atoms with E-state index in [1.165, 1.54) is 11.3 Å². The number of ether oxygens (including phenoxy) is 1. The molecule has 0 saturated heterocycles. The number of fused-ring (bicyclic) bond motifs is 1. The van der Waals surface area contributed by atoms with Crippen LogP contribution in [0.1, 0.15) is 65.8 Å². The summed E-state index contributed by atoms with van der Waals surface area (Å²) < 4.78 is 5.32. The van der Waals surface area contributed by atoms with Crippen molar-refractivity contribution in [1.29, 1.82) is 0 Å². The van der Waals surface area contributed by atoms with Gasteiger partial charge >= 0.3 is 5.97 Å². The third-order valence-corrected chi connectivity index (χ3v) is 6.49. The Morgan fingerprint density at radius 3 is 2.64 bits per heavy atom. The van der Waals surface area contributed by atoms with Gasteiger partial charge in [-0.25, -0.2) is 4.79 Å². The minimum atomic E-state index is -0.394. The van der Waals surface area contributed by atoms with Crippen molar-refractivity contribution in [1.82, 2.24) is 0 Å². The molecule has 1 aromatic heterocycles. The molecule has 28 heavy (non-hydrogen) atoms. The summed E-state index contributed by atoms with van der Waals surface area (Å²) in [5.74, 6) is -0.692. The number of quaternary nitrogens is 1. The molecule has 0 atom stereocenters. The van der Waals surface area contributed by atoms with E-state index in [1.807, 2.05) is 0 Å². The third-order valence-electron chi connectivity index (χ3n) is 4.77. The zero-order valence-electron chi connectivity index (χ0n) is 16.8. The van der Waals surface area contributed by atoms with E-state index >= 15 is 0 Å². The van der Waals surface area contributed by atoms with Crippen LogP contribution < -0.4 is 10.6 Å². The van der Waals surface area contributed by atoms with Crippen molar-refractivity contribution in [2.45, 2.75) is 52.1 Å². The van der Waals surface area contributed by atoms with Gasteiger partial charge in [-0.2, -0.15) is 0 Å². The van der Waals surface area contributed by atoms with Gasteiger partial charge in [-0.05, 0) is 58.4 Å². The minimum Gasteiger partial charge on any atom is -0.462 e. The summed E-state index contributed by atoms with van der Waals surface area (Å²) in [6.45, 7) is 10.7. The van der Waals surface area contributed by atoms with Crippen LogP contribution in [-0.2, 0) is 16.7 Å². The number of nitrogens with two attached hydrogens (primary N) is 1. The normalized spacial score (nSPS) is 16.9. The summed E-state index contributed by atoms with van der Waals surface area (Å²) >= 11 is 7.46. The predicted molar refractivity (Wildman–Crippen MR) is 112 cm³/mol. The van der Waals surface area contributed by atoms with Gasteiger partial charge in [-0.1, -0.05) is 17.7 Å². The molecule has 150 valence electrons. The summed E-state index contributed by atoms with van der Waals surface area (Å²) in [7, 11) is 0. The fourth-order valence-corrected chi connectivity index (χ4v) is 5.48. The fourth-order valence-electron chi connectivity index (χ4n) is 4.02. The van der Waals surface area contributed by atoms with Gasteiger partial charge in [0, 0.05) is 17.0 Å². The Hall–Kier alpha value is -1.89. The summed E-state index contributed by atoms with van der Waals surface area (Å²) in [6.07, 6.45) is 0.726. The van der Waals surface area contributed by atoms with Gasteiger partial charge < -0.3 is 15.4 Å². The maximum Gasteiger partial charge on any atom is 0.341 e. The van der Waals surface area contributed by atoms with Crippen LogP contribution in [0, 0.1) is 0 Å². The number of hydrogen-bond donors (Lipinski definition) is 2. The first-order valence-corrected chi connectivity index (χ1v) is 10.5. The predicted octanol–water partition coefficient (Wildman–Crippen LogP) is 3.96. The molecule has 3 N–H and O–H groups in total. The topological polar surface area (TPSA) is 72.0 Å². The van der Waals surface area contributed by atoms with E-state index in [9.17, 15) is 9.59 Å². The number of amides is 1. The third kappa shape index (κ3) is 4.09. The average Bonchev–Trinajstić information content (AvgIpc) is 2.92. The number of hydrogen-bond acceptors (Lipinski definition) is 4. The molecule has 1 amide bonds. The number of halogens is 1. The molecule has 0 saturated carbocycles. The lowest BCUT2D eigenvalue weighted by atomic mass is 9.81. The standard InChI is InChI=1S/C21H25ClN2O3S/c1-6-27-19(26)15-14-11-20(2,3)24-21(4,5)16(14)28-18(15)23-17(25)12-8-7-9-13(22)10-12/h7-10,24H,6,11H2,1-5H3,(H,23,25)/p+1. The molecular formula is C21H26ClN2O3S+. The van der Waals surface area contributed by atoms with Crippen LogP contribution in [0.25, 0.3) is 0 Å². The first-order valence-electron chi connectivity index (χ1n) is 9.31. The molecule has 5 nitrogen and oxygen atoms in total. The monoisotopic (exact) mass is 421 g/mol. The van der Waals surface area contributed by atoms with E-state index in [1.54, 1.807) is 31.2 Å². The Bertz CT molecular complexity index is 934. The van der Waals surface area contributed by atoms with Crippen molar-refractivity contribution >= 4 is 39.8 Å². The molecule has 7 heteroatoms. The maximum absolute atomic E-state index is 12.8. The number of esters is 1.